The van der Waals surface area contributed by atoms with Crippen LogP contribution < -0.4 is 11.2 Å². The van der Waals surface area contributed by atoms with Gasteiger partial charge in [-0.1, -0.05) is 6.07 Å². The Bertz CT molecular complexity index is 686. The maximum atomic E-state index is 13.2. The molecule has 0 aliphatic carbocycles. The van der Waals surface area contributed by atoms with Crippen molar-refractivity contribution >= 4 is 0 Å². The minimum absolute atomic E-state index is 0.389. The number of nitrogens with zero attached hydrogens (tertiary/aromatic N) is 2. The van der Waals surface area contributed by atoms with Gasteiger partial charge in [0.1, 0.15) is 5.82 Å². The highest BCUT2D eigenvalue weighted by Crippen LogP contribution is 2.12. The van der Waals surface area contributed by atoms with Crippen LogP contribution in [0.1, 0.15) is 5.56 Å². The smallest absolute Gasteiger partial charge is 0.269 e. The highest BCUT2D eigenvalue weighted by Gasteiger charge is 2.07. The number of hydrogen-bond donors (Lipinski definition) is 0. The number of halogens is 1. The van der Waals surface area contributed by atoms with E-state index in [1.165, 1.54) is 36.0 Å². The van der Waals surface area contributed by atoms with Crippen molar-refractivity contribution in [2.75, 3.05) is 0 Å². The van der Waals surface area contributed by atoms with Crippen LogP contribution >= 0.6 is 0 Å². The molecule has 0 radical (unpaired) electrons. The number of rotatable bonds is 1. The fourth-order valence-corrected chi connectivity index (χ4v) is 1.60. The molecule has 0 bridgehead atoms. The van der Waals surface area contributed by atoms with Gasteiger partial charge in [0.05, 0.1) is 5.69 Å². The third-order valence-corrected chi connectivity index (χ3v) is 2.62. The molecule has 1 heterocycles. The molecule has 5 heteroatoms. The van der Waals surface area contributed by atoms with Crippen molar-refractivity contribution in [3.63, 3.8) is 0 Å². The highest BCUT2D eigenvalue weighted by atomic mass is 19.1. The Morgan fingerprint density at radius 2 is 1.88 bits per heavy atom. The van der Waals surface area contributed by atoms with Crippen LogP contribution in [0.15, 0.2) is 40.1 Å². The Kier molecular flexibility index (Phi) is 2.67. The van der Waals surface area contributed by atoms with Gasteiger partial charge < -0.3 is 0 Å². The average molecular weight is 234 g/mol. The van der Waals surface area contributed by atoms with Gasteiger partial charge in [0.25, 0.3) is 5.56 Å². The summed E-state index contributed by atoms with van der Waals surface area (Å²) in [5.41, 5.74) is 0.309. The largest absolute Gasteiger partial charge is 0.335 e. The summed E-state index contributed by atoms with van der Waals surface area (Å²) in [4.78, 5) is 23.1. The molecule has 0 aliphatic heterocycles. The maximum absolute atomic E-state index is 13.2. The zero-order valence-corrected chi connectivity index (χ0v) is 9.48. The van der Waals surface area contributed by atoms with Crippen LogP contribution in [-0.4, -0.2) is 9.13 Å². The Hall–Kier alpha value is -2.17. The molecule has 0 saturated heterocycles. The number of aryl methyl sites for hydroxylation is 1. The van der Waals surface area contributed by atoms with Crippen molar-refractivity contribution in [2.24, 2.45) is 7.05 Å². The van der Waals surface area contributed by atoms with Crippen molar-refractivity contribution in [3.05, 3.63) is 62.7 Å². The number of aromatic nitrogens is 2. The second kappa shape index (κ2) is 4.01. The van der Waals surface area contributed by atoms with E-state index in [0.717, 1.165) is 10.1 Å². The lowest BCUT2D eigenvalue weighted by molar-refractivity contribution is 0.624. The molecule has 0 spiro atoms. The average Bonchev–Trinajstić information content (AvgIpc) is 2.30. The molecule has 4 nitrogen and oxygen atoms in total. The van der Waals surface area contributed by atoms with E-state index >= 15 is 0 Å². The van der Waals surface area contributed by atoms with Gasteiger partial charge in [-0.2, -0.15) is 0 Å². The molecule has 0 N–H and O–H groups in total. The molecular formula is C12H11FN2O2. The van der Waals surface area contributed by atoms with Gasteiger partial charge in [-0.3, -0.25) is 13.9 Å². The summed E-state index contributed by atoms with van der Waals surface area (Å²) >= 11 is 0. The van der Waals surface area contributed by atoms with Crippen LogP contribution in [-0.2, 0) is 7.05 Å². The molecule has 0 atom stereocenters. The molecular weight excluding hydrogens is 223 g/mol. The summed E-state index contributed by atoms with van der Waals surface area (Å²) in [6.07, 6.45) is 1.35. The summed E-state index contributed by atoms with van der Waals surface area (Å²) in [7, 11) is 1.38. The van der Waals surface area contributed by atoms with Crippen molar-refractivity contribution in [1.82, 2.24) is 9.13 Å². The van der Waals surface area contributed by atoms with E-state index in [0.29, 0.717) is 5.69 Å². The van der Waals surface area contributed by atoms with Gasteiger partial charge in [-0.25, -0.2) is 9.18 Å². The summed E-state index contributed by atoms with van der Waals surface area (Å²) in [6.45, 7) is 1.77. The van der Waals surface area contributed by atoms with E-state index < -0.39 is 11.5 Å². The fraction of sp³-hybridized carbons (Fsp3) is 0.167. The molecule has 2 aromatic rings. The lowest BCUT2D eigenvalue weighted by Crippen LogP contribution is -2.36. The Balaban J connectivity index is 2.78. The van der Waals surface area contributed by atoms with Crippen LogP contribution in [0.5, 0.6) is 0 Å². The minimum atomic E-state index is -0.494. The lowest BCUT2D eigenvalue weighted by Gasteiger charge is -2.09. The quantitative estimate of drug-likeness (QED) is 0.738. The monoisotopic (exact) mass is 234 g/mol. The predicted octanol–water partition coefficient (Wildman–Crippen LogP) is 0.984. The zero-order valence-electron chi connectivity index (χ0n) is 9.48. The second-order valence-electron chi connectivity index (χ2n) is 3.80. The summed E-state index contributed by atoms with van der Waals surface area (Å²) in [5.74, 6) is -0.425. The number of benzene rings is 1. The van der Waals surface area contributed by atoms with Gasteiger partial charge in [-0.05, 0) is 24.6 Å². The predicted molar refractivity (Wildman–Crippen MR) is 62.0 cm³/mol. The van der Waals surface area contributed by atoms with E-state index in [1.54, 1.807) is 13.0 Å². The first kappa shape index (κ1) is 11.3. The fourth-order valence-electron chi connectivity index (χ4n) is 1.60. The van der Waals surface area contributed by atoms with E-state index in [2.05, 4.69) is 0 Å². The Labute approximate surface area is 96.6 Å². The molecule has 1 aromatic heterocycles. The van der Waals surface area contributed by atoms with Crippen LogP contribution in [0.4, 0.5) is 4.39 Å². The zero-order chi connectivity index (χ0) is 12.6. The third-order valence-electron chi connectivity index (χ3n) is 2.62. The van der Waals surface area contributed by atoms with Gasteiger partial charge in [-0.15, -0.1) is 0 Å². The van der Waals surface area contributed by atoms with Crippen LogP contribution in [0.25, 0.3) is 5.69 Å². The van der Waals surface area contributed by atoms with Crippen LogP contribution in [0.2, 0.25) is 0 Å². The standard InChI is InChI=1S/C12H11FN2O2/c1-8-3-4-9(13)7-10(8)15-6-5-11(16)14(2)12(15)17/h3-7H,1-2H3. The minimum Gasteiger partial charge on any atom is -0.269 e. The van der Waals surface area contributed by atoms with Gasteiger partial charge >= 0.3 is 5.69 Å². The molecule has 0 unspecified atom stereocenters. The third kappa shape index (κ3) is 1.91. The molecule has 2 rings (SSSR count). The molecule has 0 fully saturated rings. The summed E-state index contributed by atoms with van der Waals surface area (Å²) < 4.78 is 15.4. The van der Waals surface area contributed by atoms with E-state index in [4.69, 9.17) is 0 Å². The van der Waals surface area contributed by atoms with Crippen molar-refractivity contribution in [3.8, 4) is 5.69 Å². The van der Waals surface area contributed by atoms with Crippen molar-refractivity contribution < 1.29 is 4.39 Å². The first-order valence-corrected chi connectivity index (χ1v) is 5.06. The highest BCUT2D eigenvalue weighted by molar-refractivity contribution is 5.40. The Morgan fingerprint density at radius 1 is 1.18 bits per heavy atom. The molecule has 88 valence electrons. The van der Waals surface area contributed by atoms with Gasteiger partial charge in [0.15, 0.2) is 0 Å². The van der Waals surface area contributed by atoms with E-state index in [9.17, 15) is 14.0 Å². The summed E-state index contributed by atoms with van der Waals surface area (Å²) in [5, 5.41) is 0. The second-order valence-corrected chi connectivity index (χ2v) is 3.80. The molecule has 1 aromatic carbocycles. The van der Waals surface area contributed by atoms with Crippen molar-refractivity contribution in [1.29, 1.82) is 0 Å². The molecule has 0 saturated carbocycles. The van der Waals surface area contributed by atoms with E-state index in [1.807, 2.05) is 0 Å². The normalized spacial score (nSPS) is 10.5. The van der Waals surface area contributed by atoms with E-state index in [-0.39, 0.29) is 5.56 Å². The topological polar surface area (TPSA) is 44.0 Å². The first-order chi connectivity index (χ1) is 8.00. The van der Waals surface area contributed by atoms with Gasteiger partial charge in [0.2, 0.25) is 0 Å². The van der Waals surface area contributed by atoms with Crippen LogP contribution in [0.3, 0.4) is 0 Å². The molecule has 0 aliphatic rings. The molecule has 17 heavy (non-hydrogen) atoms. The van der Waals surface area contributed by atoms with Crippen molar-refractivity contribution in [2.45, 2.75) is 6.92 Å². The lowest BCUT2D eigenvalue weighted by atomic mass is 10.2. The Morgan fingerprint density at radius 3 is 2.59 bits per heavy atom. The van der Waals surface area contributed by atoms with Gasteiger partial charge in [0, 0.05) is 19.3 Å². The SMILES string of the molecule is Cc1ccc(F)cc1-n1ccc(=O)n(C)c1=O. The number of hydrogen-bond acceptors (Lipinski definition) is 2. The molecule has 0 amide bonds. The summed E-state index contributed by atoms with van der Waals surface area (Å²) in [6, 6.07) is 5.45. The maximum Gasteiger partial charge on any atom is 0.335 e. The van der Waals surface area contributed by atoms with Crippen LogP contribution in [0, 0.1) is 12.7 Å². The first-order valence-electron chi connectivity index (χ1n) is 5.06.